The topological polar surface area (TPSA) is 61.6 Å². The van der Waals surface area contributed by atoms with Crippen LogP contribution in [0.2, 0.25) is 0 Å². The van der Waals surface area contributed by atoms with Gasteiger partial charge in [0.1, 0.15) is 6.10 Å². The van der Waals surface area contributed by atoms with Gasteiger partial charge >= 0.3 is 5.97 Å². The Bertz CT molecular complexity index is 407. The average molecular weight is 253 g/mol. The van der Waals surface area contributed by atoms with Gasteiger partial charge in [-0.05, 0) is 25.7 Å². The number of ether oxygens (including phenoxy) is 2. The number of aryl methyl sites for hydroxylation is 1. The van der Waals surface area contributed by atoms with Crippen LogP contribution >= 0.6 is 0 Å². The van der Waals surface area contributed by atoms with Gasteiger partial charge in [-0.2, -0.15) is 0 Å². The Balaban J connectivity index is 2.23. The largest absolute Gasteiger partial charge is 0.463 e. The molecule has 2 rings (SSSR count). The summed E-state index contributed by atoms with van der Waals surface area (Å²) in [7, 11) is 1.34. The number of methoxy groups -OCH3 is 1. The van der Waals surface area contributed by atoms with Crippen molar-refractivity contribution in [3.63, 3.8) is 0 Å². The summed E-state index contributed by atoms with van der Waals surface area (Å²) in [5.74, 6) is 0.273. The fourth-order valence-electron chi connectivity index (χ4n) is 2.10. The van der Waals surface area contributed by atoms with E-state index in [1.54, 1.807) is 0 Å². The molecule has 1 unspecified atom stereocenters. The molecule has 1 atom stereocenters. The molecule has 5 heteroatoms. The van der Waals surface area contributed by atoms with E-state index in [0.29, 0.717) is 18.0 Å². The molecule has 0 spiro atoms. The maximum atomic E-state index is 11.6. The highest BCUT2D eigenvalue weighted by Gasteiger charge is 2.26. The summed E-state index contributed by atoms with van der Waals surface area (Å²) in [5, 5.41) is 0. The van der Waals surface area contributed by atoms with Crippen molar-refractivity contribution in [1.29, 1.82) is 0 Å². The standard InChI is InChI=1S/C13H19NO4/c1-3-6-9-11(13(15)16-2)18-12(14-9)10-7-4-5-8-17-10/h10H,3-8H2,1-2H3. The van der Waals surface area contributed by atoms with Gasteiger partial charge in [0.2, 0.25) is 11.7 Å². The van der Waals surface area contributed by atoms with Crippen molar-refractivity contribution in [2.75, 3.05) is 13.7 Å². The van der Waals surface area contributed by atoms with Crippen molar-refractivity contribution < 1.29 is 18.7 Å². The maximum Gasteiger partial charge on any atom is 0.375 e. The third kappa shape index (κ3) is 2.72. The third-order valence-corrected chi connectivity index (χ3v) is 3.03. The summed E-state index contributed by atoms with van der Waals surface area (Å²) < 4.78 is 15.9. The second-order valence-corrected chi connectivity index (χ2v) is 4.42. The van der Waals surface area contributed by atoms with Crippen LogP contribution in [0.25, 0.3) is 0 Å². The summed E-state index contributed by atoms with van der Waals surface area (Å²) in [6, 6.07) is 0. The Morgan fingerprint density at radius 2 is 2.33 bits per heavy atom. The second-order valence-electron chi connectivity index (χ2n) is 4.42. The highest BCUT2D eigenvalue weighted by molar-refractivity contribution is 5.87. The Labute approximate surface area is 106 Å². The number of rotatable bonds is 4. The molecule has 1 fully saturated rings. The zero-order valence-electron chi connectivity index (χ0n) is 10.9. The Kier molecular flexibility index (Phi) is 4.36. The quantitative estimate of drug-likeness (QED) is 0.772. The number of hydrogen-bond donors (Lipinski definition) is 0. The predicted molar refractivity (Wildman–Crippen MR) is 64.4 cm³/mol. The van der Waals surface area contributed by atoms with E-state index in [1.807, 2.05) is 6.92 Å². The molecule has 0 aliphatic carbocycles. The smallest absolute Gasteiger partial charge is 0.375 e. The molecule has 0 bridgehead atoms. The van der Waals surface area contributed by atoms with E-state index >= 15 is 0 Å². The van der Waals surface area contributed by atoms with Crippen LogP contribution in [-0.4, -0.2) is 24.7 Å². The summed E-state index contributed by atoms with van der Waals surface area (Å²) in [6.07, 6.45) is 4.56. The molecule has 1 saturated heterocycles. The van der Waals surface area contributed by atoms with E-state index in [1.165, 1.54) is 7.11 Å². The van der Waals surface area contributed by atoms with Gasteiger partial charge in [-0.3, -0.25) is 0 Å². The third-order valence-electron chi connectivity index (χ3n) is 3.03. The lowest BCUT2D eigenvalue weighted by molar-refractivity contribution is -0.00246. The number of esters is 1. The molecule has 0 saturated carbocycles. The highest BCUT2D eigenvalue weighted by atomic mass is 16.5. The van der Waals surface area contributed by atoms with Crippen molar-refractivity contribution >= 4 is 5.97 Å². The minimum absolute atomic E-state index is 0.118. The first-order valence-electron chi connectivity index (χ1n) is 6.45. The molecule has 5 nitrogen and oxygen atoms in total. The predicted octanol–water partition coefficient (Wildman–Crippen LogP) is 2.66. The van der Waals surface area contributed by atoms with Gasteiger partial charge in [0.15, 0.2) is 0 Å². The summed E-state index contributed by atoms with van der Waals surface area (Å²) in [6.45, 7) is 2.76. The first kappa shape index (κ1) is 13.1. The zero-order valence-corrected chi connectivity index (χ0v) is 10.9. The minimum Gasteiger partial charge on any atom is -0.463 e. The van der Waals surface area contributed by atoms with Gasteiger partial charge in [-0.1, -0.05) is 13.3 Å². The fourth-order valence-corrected chi connectivity index (χ4v) is 2.10. The fraction of sp³-hybridized carbons (Fsp3) is 0.692. The summed E-state index contributed by atoms with van der Waals surface area (Å²) in [4.78, 5) is 16.0. The molecule has 0 radical (unpaired) electrons. The lowest BCUT2D eigenvalue weighted by atomic mass is 10.1. The Morgan fingerprint density at radius 1 is 1.50 bits per heavy atom. The number of aromatic nitrogens is 1. The second kappa shape index (κ2) is 6.00. The van der Waals surface area contributed by atoms with Gasteiger partial charge < -0.3 is 13.9 Å². The van der Waals surface area contributed by atoms with E-state index in [4.69, 9.17) is 13.9 Å². The van der Waals surface area contributed by atoms with Crippen LogP contribution in [0.1, 0.15) is 60.9 Å². The SMILES string of the molecule is CCCc1nc(C2CCCCO2)oc1C(=O)OC. The lowest BCUT2D eigenvalue weighted by Gasteiger charge is -2.19. The molecule has 2 heterocycles. The van der Waals surface area contributed by atoms with Crippen molar-refractivity contribution in [2.45, 2.75) is 45.1 Å². The molecule has 0 amide bonds. The van der Waals surface area contributed by atoms with Crippen molar-refractivity contribution in [2.24, 2.45) is 0 Å². The normalized spacial score (nSPS) is 19.8. The first-order valence-corrected chi connectivity index (χ1v) is 6.45. The van der Waals surface area contributed by atoms with E-state index in [0.717, 1.165) is 32.3 Å². The van der Waals surface area contributed by atoms with Crippen LogP contribution in [0, 0.1) is 0 Å². The molecule has 1 aromatic heterocycles. The molecule has 1 aliphatic rings. The average Bonchev–Trinajstić information content (AvgIpc) is 2.83. The van der Waals surface area contributed by atoms with Gasteiger partial charge in [-0.25, -0.2) is 9.78 Å². The van der Waals surface area contributed by atoms with E-state index in [-0.39, 0.29) is 11.9 Å². The van der Waals surface area contributed by atoms with Crippen LogP contribution in [0.15, 0.2) is 4.42 Å². The molecule has 0 aromatic carbocycles. The van der Waals surface area contributed by atoms with Crippen LogP contribution in [0.3, 0.4) is 0 Å². The molecule has 100 valence electrons. The molecule has 18 heavy (non-hydrogen) atoms. The number of carbonyl (C=O) groups is 1. The molecular weight excluding hydrogens is 234 g/mol. The molecule has 1 aliphatic heterocycles. The zero-order chi connectivity index (χ0) is 13.0. The van der Waals surface area contributed by atoms with E-state index in [2.05, 4.69) is 4.98 Å². The monoisotopic (exact) mass is 253 g/mol. The van der Waals surface area contributed by atoms with Crippen LogP contribution in [0.5, 0.6) is 0 Å². The van der Waals surface area contributed by atoms with Crippen LogP contribution < -0.4 is 0 Å². The van der Waals surface area contributed by atoms with E-state index in [9.17, 15) is 4.79 Å². The number of nitrogens with zero attached hydrogens (tertiary/aromatic N) is 1. The van der Waals surface area contributed by atoms with Crippen LogP contribution in [0.4, 0.5) is 0 Å². The molecule has 0 N–H and O–H groups in total. The number of carbonyl (C=O) groups excluding carboxylic acids is 1. The Hall–Kier alpha value is -1.36. The van der Waals surface area contributed by atoms with Gasteiger partial charge in [0, 0.05) is 6.61 Å². The highest BCUT2D eigenvalue weighted by Crippen LogP contribution is 2.29. The number of oxazole rings is 1. The Morgan fingerprint density at radius 3 is 2.94 bits per heavy atom. The molecule has 1 aromatic rings. The number of hydrogen-bond acceptors (Lipinski definition) is 5. The van der Waals surface area contributed by atoms with Gasteiger partial charge in [-0.15, -0.1) is 0 Å². The lowest BCUT2D eigenvalue weighted by Crippen LogP contribution is -2.11. The first-order chi connectivity index (χ1) is 8.76. The summed E-state index contributed by atoms with van der Waals surface area (Å²) >= 11 is 0. The van der Waals surface area contributed by atoms with Crippen molar-refractivity contribution in [1.82, 2.24) is 4.98 Å². The minimum atomic E-state index is -0.465. The molecular formula is C13H19NO4. The van der Waals surface area contributed by atoms with Crippen molar-refractivity contribution in [3.8, 4) is 0 Å². The maximum absolute atomic E-state index is 11.6. The van der Waals surface area contributed by atoms with Crippen molar-refractivity contribution in [3.05, 3.63) is 17.3 Å². The van der Waals surface area contributed by atoms with E-state index < -0.39 is 5.97 Å². The van der Waals surface area contributed by atoms with Gasteiger partial charge in [0.25, 0.3) is 0 Å². The van der Waals surface area contributed by atoms with Crippen LogP contribution in [-0.2, 0) is 15.9 Å². The van der Waals surface area contributed by atoms with Gasteiger partial charge in [0.05, 0.1) is 12.8 Å². The summed E-state index contributed by atoms with van der Waals surface area (Å²) in [5.41, 5.74) is 0.675.